The quantitative estimate of drug-likeness (QED) is 0.117. The summed E-state index contributed by atoms with van der Waals surface area (Å²) in [6, 6.07) is -0.778. The van der Waals surface area contributed by atoms with Crippen molar-refractivity contribution in [3.8, 4) is 0 Å². The fourth-order valence-electron chi connectivity index (χ4n) is 0.787. The molecule has 0 saturated heterocycles. The number of amides is 1. The molecular weight excluding hydrogens is 186 g/mol. The first kappa shape index (κ1) is 12.2. The largest absolute Gasteiger partial charge is 0.370 e. The second-order valence-electron chi connectivity index (χ2n) is 2.62. The van der Waals surface area contributed by atoms with Crippen molar-refractivity contribution in [2.24, 2.45) is 16.6 Å². The Morgan fingerprint density at radius 3 is 2.86 bits per heavy atom. The number of nitrogens with zero attached hydrogens (tertiary/aromatic N) is 3. The Labute approximate surface area is 80.8 Å². The zero-order valence-corrected chi connectivity index (χ0v) is 7.60. The van der Waals surface area contributed by atoms with Gasteiger partial charge in [0.05, 0.1) is 6.04 Å². The van der Waals surface area contributed by atoms with Crippen LogP contribution in [0.15, 0.2) is 5.11 Å². The zero-order chi connectivity index (χ0) is 11.0. The standard InChI is InChI=1S/C6H13N7O/c7-4(5(14)12-13-10)2-1-3-11-6(8)9/h4H,1-3,7H2,(H4,8,9,11)/t4-/m0/s1. The molecule has 0 aliphatic carbocycles. The van der Waals surface area contributed by atoms with Gasteiger partial charge in [0.2, 0.25) is 5.91 Å². The highest BCUT2D eigenvalue weighted by Crippen LogP contribution is 1.95. The van der Waals surface area contributed by atoms with Crippen molar-refractivity contribution >= 4 is 11.9 Å². The summed E-state index contributed by atoms with van der Waals surface area (Å²) >= 11 is 0. The summed E-state index contributed by atoms with van der Waals surface area (Å²) in [5, 5.41) is 12.3. The summed E-state index contributed by atoms with van der Waals surface area (Å²) in [6.07, 6.45) is 0.964. The van der Waals surface area contributed by atoms with Gasteiger partial charge in [-0.25, -0.2) is 0 Å². The number of nitrogens with two attached hydrogens (primary N) is 2. The van der Waals surface area contributed by atoms with Crippen molar-refractivity contribution in [1.82, 2.24) is 5.32 Å². The number of carbonyl (C=O) groups excluding carboxylic acids is 1. The highest BCUT2D eigenvalue weighted by atomic mass is 16.2. The molecular formula is C6H13N7O. The maximum absolute atomic E-state index is 10.8. The lowest BCUT2D eigenvalue weighted by molar-refractivity contribution is -0.119. The Morgan fingerprint density at radius 1 is 1.71 bits per heavy atom. The van der Waals surface area contributed by atoms with Gasteiger partial charge in [0.1, 0.15) is 0 Å². The molecule has 0 aliphatic heterocycles. The summed E-state index contributed by atoms with van der Waals surface area (Å²) in [6.45, 7) is 0.465. The van der Waals surface area contributed by atoms with Gasteiger partial charge in [0.25, 0.3) is 0 Å². The first-order valence-corrected chi connectivity index (χ1v) is 4.00. The third-order valence-electron chi connectivity index (χ3n) is 1.47. The minimum atomic E-state index is -0.778. The number of guanidine groups is 1. The van der Waals surface area contributed by atoms with E-state index in [1.165, 1.54) is 0 Å². The summed E-state index contributed by atoms with van der Waals surface area (Å²) in [4.78, 5) is 13.2. The van der Waals surface area contributed by atoms with Crippen molar-refractivity contribution in [2.75, 3.05) is 6.54 Å². The van der Waals surface area contributed by atoms with E-state index < -0.39 is 11.9 Å². The molecule has 8 nitrogen and oxygen atoms in total. The Kier molecular flexibility index (Phi) is 5.84. The van der Waals surface area contributed by atoms with Crippen LogP contribution in [0.25, 0.3) is 10.4 Å². The first-order chi connectivity index (χ1) is 6.57. The van der Waals surface area contributed by atoms with Crippen LogP contribution < -0.4 is 16.8 Å². The minimum Gasteiger partial charge on any atom is -0.370 e. The molecule has 8 heteroatoms. The van der Waals surface area contributed by atoms with Crippen molar-refractivity contribution < 1.29 is 4.79 Å². The van der Waals surface area contributed by atoms with E-state index in [0.29, 0.717) is 19.4 Å². The van der Waals surface area contributed by atoms with Crippen LogP contribution in [0.4, 0.5) is 0 Å². The molecule has 0 saturated carbocycles. The van der Waals surface area contributed by atoms with Gasteiger partial charge < -0.3 is 16.8 Å². The molecule has 0 aromatic heterocycles. The van der Waals surface area contributed by atoms with E-state index in [1.54, 1.807) is 0 Å². The molecule has 0 aromatic rings. The highest BCUT2D eigenvalue weighted by molar-refractivity contribution is 5.82. The monoisotopic (exact) mass is 199 g/mol. The van der Waals surface area contributed by atoms with Gasteiger partial charge in [-0.3, -0.25) is 10.2 Å². The number of azide groups is 1. The van der Waals surface area contributed by atoms with E-state index in [0.717, 1.165) is 0 Å². The molecule has 6 N–H and O–H groups in total. The molecule has 14 heavy (non-hydrogen) atoms. The Bertz CT molecular complexity index is 257. The van der Waals surface area contributed by atoms with Crippen LogP contribution in [0.2, 0.25) is 0 Å². The number of hydrogen-bond acceptors (Lipinski definition) is 3. The van der Waals surface area contributed by atoms with E-state index in [4.69, 9.17) is 22.4 Å². The van der Waals surface area contributed by atoms with Crippen LogP contribution in [0.5, 0.6) is 0 Å². The fourth-order valence-corrected chi connectivity index (χ4v) is 0.787. The summed E-state index contributed by atoms with van der Waals surface area (Å²) in [7, 11) is 0. The Hall–Kier alpha value is -1.79. The van der Waals surface area contributed by atoms with Crippen LogP contribution >= 0.6 is 0 Å². The van der Waals surface area contributed by atoms with E-state index in [1.807, 2.05) is 0 Å². The number of carbonyl (C=O) groups is 1. The lowest BCUT2D eigenvalue weighted by Crippen LogP contribution is -2.33. The molecule has 0 spiro atoms. The summed E-state index contributed by atoms with van der Waals surface area (Å²) in [5.74, 6) is -0.796. The van der Waals surface area contributed by atoms with Gasteiger partial charge in [-0.1, -0.05) is 0 Å². The molecule has 0 heterocycles. The molecule has 1 amide bonds. The normalized spacial score (nSPS) is 11.2. The topological polar surface area (TPSA) is 154 Å². The van der Waals surface area contributed by atoms with Gasteiger partial charge in [-0.05, 0) is 23.5 Å². The number of rotatable bonds is 5. The Morgan fingerprint density at radius 2 is 2.36 bits per heavy atom. The van der Waals surface area contributed by atoms with Crippen molar-refractivity contribution in [1.29, 1.82) is 5.41 Å². The average molecular weight is 199 g/mol. The SMILES string of the molecule is [N-]=[N+]=NC(=O)[C@@H](N)CCCNC(=N)N. The summed E-state index contributed by atoms with van der Waals surface area (Å²) < 4.78 is 0. The molecule has 0 aromatic carbocycles. The maximum atomic E-state index is 10.8. The van der Waals surface area contributed by atoms with Gasteiger partial charge in [0.15, 0.2) is 5.96 Å². The van der Waals surface area contributed by atoms with Crippen LogP contribution in [-0.2, 0) is 4.79 Å². The van der Waals surface area contributed by atoms with E-state index in [-0.39, 0.29) is 5.96 Å². The number of nitrogens with one attached hydrogen (secondary N) is 2. The van der Waals surface area contributed by atoms with E-state index in [2.05, 4.69) is 15.3 Å². The second kappa shape index (κ2) is 6.70. The van der Waals surface area contributed by atoms with Gasteiger partial charge in [0, 0.05) is 11.5 Å². The Balaban J connectivity index is 3.63. The number of hydrogen-bond donors (Lipinski definition) is 4. The van der Waals surface area contributed by atoms with Crippen molar-refractivity contribution in [3.05, 3.63) is 10.4 Å². The van der Waals surface area contributed by atoms with Crippen LogP contribution in [0.3, 0.4) is 0 Å². The van der Waals surface area contributed by atoms with Gasteiger partial charge >= 0.3 is 0 Å². The van der Waals surface area contributed by atoms with Crippen LogP contribution in [0, 0.1) is 5.41 Å². The summed E-state index contributed by atoms with van der Waals surface area (Å²) in [5.41, 5.74) is 18.4. The van der Waals surface area contributed by atoms with Crippen molar-refractivity contribution in [3.63, 3.8) is 0 Å². The molecule has 78 valence electrons. The first-order valence-electron chi connectivity index (χ1n) is 4.00. The lowest BCUT2D eigenvalue weighted by atomic mass is 10.1. The molecule has 0 bridgehead atoms. The lowest BCUT2D eigenvalue weighted by Gasteiger charge is -2.07. The van der Waals surface area contributed by atoms with Gasteiger partial charge in [-0.15, -0.1) is 0 Å². The molecule has 0 fully saturated rings. The second-order valence-corrected chi connectivity index (χ2v) is 2.62. The van der Waals surface area contributed by atoms with E-state index >= 15 is 0 Å². The molecule has 0 unspecified atom stereocenters. The molecule has 0 aliphatic rings. The minimum absolute atomic E-state index is 0.125. The van der Waals surface area contributed by atoms with Gasteiger partial charge in [-0.2, -0.15) is 0 Å². The molecule has 0 rings (SSSR count). The van der Waals surface area contributed by atoms with E-state index in [9.17, 15) is 4.79 Å². The third-order valence-corrected chi connectivity index (χ3v) is 1.47. The predicted molar refractivity (Wildman–Crippen MR) is 51.3 cm³/mol. The van der Waals surface area contributed by atoms with Crippen LogP contribution in [-0.4, -0.2) is 24.5 Å². The smallest absolute Gasteiger partial charge is 0.235 e. The average Bonchev–Trinajstić information content (AvgIpc) is 2.12. The highest BCUT2D eigenvalue weighted by Gasteiger charge is 2.10. The molecule has 0 radical (unpaired) electrons. The zero-order valence-electron chi connectivity index (χ0n) is 7.60. The van der Waals surface area contributed by atoms with Crippen molar-refractivity contribution in [2.45, 2.75) is 18.9 Å². The predicted octanol–water partition coefficient (Wildman–Crippen LogP) is -0.586. The third kappa shape index (κ3) is 5.81. The fraction of sp³-hybridized carbons (Fsp3) is 0.667. The van der Waals surface area contributed by atoms with Crippen LogP contribution in [0.1, 0.15) is 12.8 Å². The maximum Gasteiger partial charge on any atom is 0.235 e. The molecule has 1 atom stereocenters.